The molecule has 0 amide bonds. The first-order valence-corrected chi connectivity index (χ1v) is 7.48. The van der Waals surface area contributed by atoms with Crippen molar-refractivity contribution in [1.29, 1.82) is 0 Å². The predicted octanol–water partition coefficient (Wildman–Crippen LogP) is 2.23. The highest BCUT2D eigenvalue weighted by Crippen LogP contribution is 2.11. The van der Waals surface area contributed by atoms with Gasteiger partial charge in [0.15, 0.2) is 0 Å². The number of benzene rings is 1. The molecule has 0 saturated heterocycles. The molecule has 0 N–H and O–H groups in total. The maximum absolute atomic E-state index is 14.3. The second-order valence-corrected chi connectivity index (χ2v) is 7.27. The van der Waals surface area contributed by atoms with Crippen LogP contribution in [0, 0.1) is 0 Å². The monoisotopic (exact) mass is 223 g/mol. The summed E-state index contributed by atoms with van der Waals surface area (Å²) in [6.45, 7) is 6.05. The van der Waals surface area contributed by atoms with E-state index in [0.717, 1.165) is 17.3 Å². The topological polar surface area (TPSA) is 3.24 Å². The molecule has 82 valence electrons. The first kappa shape index (κ1) is 12.1. The Kier molecular flexibility index (Phi) is 3.82. The molecule has 0 fully saturated rings. The van der Waals surface area contributed by atoms with Crippen molar-refractivity contribution in [3.8, 4) is 0 Å². The molecule has 1 aromatic carbocycles. The lowest BCUT2D eigenvalue weighted by Gasteiger charge is -2.19. The second kappa shape index (κ2) is 4.73. The Morgan fingerprint density at radius 3 is 2.53 bits per heavy atom. The number of hydrogen-bond donors (Lipinski definition) is 0. The molecule has 0 aliphatic carbocycles. The molecule has 0 radical (unpaired) electrons. The van der Waals surface area contributed by atoms with Gasteiger partial charge in [-0.1, -0.05) is 30.0 Å². The van der Waals surface area contributed by atoms with Crippen LogP contribution in [0.25, 0.3) is 0 Å². The Bertz CT molecular complexity index is 347. The van der Waals surface area contributed by atoms with E-state index in [1.807, 2.05) is 43.3 Å². The maximum Gasteiger partial charge on any atom is 0.298 e. The number of nitrogens with zero attached hydrogens (tertiary/aromatic N) is 1. The molecule has 0 saturated carbocycles. The first-order chi connectivity index (χ1) is 6.97. The van der Waals surface area contributed by atoms with Crippen molar-refractivity contribution in [3.63, 3.8) is 0 Å². The highest BCUT2D eigenvalue weighted by atomic mass is 28.4. The van der Waals surface area contributed by atoms with Gasteiger partial charge in [-0.15, -0.1) is 6.58 Å². The minimum Gasteiger partial charge on any atom is -0.305 e. The van der Waals surface area contributed by atoms with Crippen LogP contribution in [0.2, 0.25) is 6.55 Å². The summed E-state index contributed by atoms with van der Waals surface area (Å²) in [6.07, 6.45) is 0. The summed E-state index contributed by atoms with van der Waals surface area (Å²) in [5.41, 5.74) is 2.56. The lowest BCUT2D eigenvalue weighted by molar-refractivity contribution is 0.403. The molecule has 0 spiro atoms. The van der Waals surface area contributed by atoms with E-state index < -0.39 is 8.41 Å². The van der Waals surface area contributed by atoms with Gasteiger partial charge < -0.3 is 9.01 Å². The minimum absolute atomic E-state index is 0.774. The van der Waals surface area contributed by atoms with Crippen molar-refractivity contribution in [3.05, 3.63) is 42.1 Å². The van der Waals surface area contributed by atoms with Gasteiger partial charge in [0.1, 0.15) is 0 Å². The number of halogens is 1. The fourth-order valence-corrected chi connectivity index (χ4v) is 3.02. The van der Waals surface area contributed by atoms with Gasteiger partial charge in [-0.2, -0.15) is 0 Å². The Hall–Kier alpha value is -0.933. The molecule has 0 aliphatic heterocycles. The zero-order valence-corrected chi connectivity index (χ0v) is 10.6. The smallest absolute Gasteiger partial charge is 0.298 e. The molecular formula is C12H18FNSi. The van der Waals surface area contributed by atoms with Crippen LogP contribution in [0.15, 0.2) is 36.5 Å². The van der Waals surface area contributed by atoms with Crippen LogP contribution >= 0.6 is 0 Å². The first-order valence-electron chi connectivity index (χ1n) is 5.03. The molecule has 1 atom stereocenters. The molecule has 1 aromatic rings. The Morgan fingerprint density at radius 1 is 1.40 bits per heavy atom. The van der Waals surface area contributed by atoms with E-state index in [4.69, 9.17) is 0 Å². The van der Waals surface area contributed by atoms with Crippen molar-refractivity contribution < 1.29 is 4.11 Å². The van der Waals surface area contributed by atoms with Crippen molar-refractivity contribution >= 4 is 13.6 Å². The number of hydrogen-bond acceptors (Lipinski definition) is 1. The van der Waals surface area contributed by atoms with Crippen LogP contribution in [0.3, 0.4) is 0 Å². The molecule has 0 aliphatic rings. The minimum atomic E-state index is -2.93. The summed E-state index contributed by atoms with van der Waals surface area (Å²) in [7, 11) is 1.05. The van der Waals surface area contributed by atoms with Crippen LogP contribution in [-0.2, 0) is 6.54 Å². The van der Waals surface area contributed by atoms with E-state index in [0.29, 0.717) is 0 Å². The average molecular weight is 223 g/mol. The zero-order valence-electron chi connectivity index (χ0n) is 9.63. The van der Waals surface area contributed by atoms with Crippen molar-refractivity contribution in [2.45, 2.75) is 13.1 Å². The molecule has 0 aromatic heterocycles. The van der Waals surface area contributed by atoms with Gasteiger partial charge in [0, 0.05) is 6.54 Å². The predicted molar refractivity (Wildman–Crippen MR) is 66.4 cm³/mol. The molecule has 0 heterocycles. The van der Waals surface area contributed by atoms with Gasteiger partial charge in [-0.3, -0.25) is 0 Å². The highest BCUT2D eigenvalue weighted by molar-refractivity contribution is 6.89. The normalized spacial score (nSPS) is 15.0. The third-order valence-electron chi connectivity index (χ3n) is 2.41. The van der Waals surface area contributed by atoms with Gasteiger partial charge in [-0.25, -0.2) is 0 Å². The van der Waals surface area contributed by atoms with Crippen LogP contribution in [0.4, 0.5) is 4.11 Å². The molecule has 15 heavy (non-hydrogen) atoms. The van der Waals surface area contributed by atoms with E-state index in [9.17, 15) is 4.11 Å². The summed E-state index contributed by atoms with van der Waals surface area (Å²) in [6, 6.07) is 7.72. The highest BCUT2D eigenvalue weighted by Gasteiger charge is 2.28. The third-order valence-corrected chi connectivity index (χ3v) is 4.72. The van der Waals surface area contributed by atoms with Crippen LogP contribution in [0.5, 0.6) is 0 Å². The van der Waals surface area contributed by atoms with Crippen LogP contribution in [0.1, 0.15) is 5.56 Å². The van der Waals surface area contributed by atoms with E-state index in [-0.39, 0.29) is 0 Å². The molecule has 1 rings (SSSR count). The summed E-state index contributed by atoms with van der Waals surface area (Å²) in [5.74, 6) is 0. The summed E-state index contributed by atoms with van der Waals surface area (Å²) in [4.78, 5) is 2.05. The lowest BCUT2D eigenvalue weighted by Crippen LogP contribution is -2.41. The largest absolute Gasteiger partial charge is 0.305 e. The molecule has 3 heteroatoms. The summed E-state index contributed by atoms with van der Waals surface area (Å²) in [5, 5.41) is 0.841. The third kappa shape index (κ3) is 3.01. The fourth-order valence-electron chi connectivity index (χ4n) is 1.59. The van der Waals surface area contributed by atoms with E-state index in [1.165, 1.54) is 5.70 Å². The van der Waals surface area contributed by atoms with Crippen LogP contribution in [-0.4, -0.2) is 27.4 Å². The Labute approximate surface area is 92.4 Å². The van der Waals surface area contributed by atoms with E-state index in [1.54, 1.807) is 6.55 Å². The average Bonchev–Trinajstić information content (AvgIpc) is 2.17. The van der Waals surface area contributed by atoms with Crippen molar-refractivity contribution in [2.24, 2.45) is 0 Å². The number of rotatable bonds is 4. The standard InChI is InChI=1S/C12H18FNSi/c1-5-15(4,13)12-9-7-6-8-11(12)10-14(2)3/h5-9H,1,10H2,2-4H3. The molecular weight excluding hydrogens is 205 g/mol. The van der Waals surface area contributed by atoms with Gasteiger partial charge >= 0.3 is 0 Å². The van der Waals surface area contributed by atoms with Crippen LogP contribution < -0.4 is 5.19 Å². The van der Waals surface area contributed by atoms with E-state index in [2.05, 4.69) is 6.58 Å². The van der Waals surface area contributed by atoms with E-state index >= 15 is 0 Å². The Balaban J connectivity index is 3.11. The SMILES string of the molecule is C=C[Si](C)(F)c1ccccc1CN(C)C. The quantitative estimate of drug-likeness (QED) is 0.559. The fraction of sp³-hybridized carbons (Fsp3) is 0.333. The van der Waals surface area contributed by atoms with Crippen molar-refractivity contribution in [1.82, 2.24) is 4.90 Å². The zero-order chi connectivity index (χ0) is 11.5. The molecule has 1 unspecified atom stereocenters. The lowest BCUT2D eigenvalue weighted by atomic mass is 10.2. The van der Waals surface area contributed by atoms with Gasteiger partial charge in [0.2, 0.25) is 0 Å². The summed E-state index contributed by atoms with van der Waals surface area (Å²) < 4.78 is 14.3. The van der Waals surface area contributed by atoms with Gasteiger partial charge in [-0.05, 0) is 31.4 Å². The van der Waals surface area contributed by atoms with Gasteiger partial charge in [0.05, 0.1) is 0 Å². The molecule has 1 nitrogen and oxygen atoms in total. The van der Waals surface area contributed by atoms with Crippen molar-refractivity contribution in [2.75, 3.05) is 14.1 Å². The maximum atomic E-state index is 14.3. The Morgan fingerprint density at radius 2 is 2.00 bits per heavy atom. The second-order valence-electron chi connectivity index (χ2n) is 4.17. The van der Waals surface area contributed by atoms with Gasteiger partial charge in [0.25, 0.3) is 8.41 Å². The summed E-state index contributed by atoms with van der Waals surface area (Å²) >= 11 is 0. The molecule has 0 bridgehead atoms.